The Morgan fingerprint density at radius 3 is 2.80 bits per heavy atom. The Bertz CT molecular complexity index is 569. The largest absolute Gasteiger partial charge is 0.319 e. The van der Waals surface area contributed by atoms with Crippen molar-refractivity contribution in [2.45, 2.75) is 11.3 Å². The molecule has 1 unspecified atom stereocenters. The van der Waals surface area contributed by atoms with Crippen LogP contribution in [-0.4, -0.2) is 39.4 Å². The van der Waals surface area contributed by atoms with Crippen molar-refractivity contribution in [3.8, 4) is 0 Å². The molecule has 1 saturated heterocycles. The van der Waals surface area contributed by atoms with E-state index in [1.54, 1.807) is 0 Å². The van der Waals surface area contributed by atoms with Gasteiger partial charge in [0.1, 0.15) is 10.7 Å². The highest BCUT2D eigenvalue weighted by molar-refractivity contribution is 7.89. The summed E-state index contributed by atoms with van der Waals surface area (Å²) in [7, 11) is -1.94. The van der Waals surface area contributed by atoms with Gasteiger partial charge in [0, 0.05) is 18.1 Å². The lowest BCUT2D eigenvalue weighted by atomic mass is 10.1. The fraction of sp³-hybridized carbons (Fsp3) is 0.500. The summed E-state index contributed by atoms with van der Waals surface area (Å²) in [5.74, 6) is -0.528. The van der Waals surface area contributed by atoms with Gasteiger partial charge >= 0.3 is 0 Å². The molecule has 0 aromatic heterocycles. The van der Waals surface area contributed by atoms with Crippen molar-refractivity contribution in [1.29, 1.82) is 0 Å². The van der Waals surface area contributed by atoms with E-state index >= 15 is 0 Å². The molecule has 0 saturated carbocycles. The minimum absolute atomic E-state index is 0. The summed E-state index contributed by atoms with van der Waals surface area (Å²) in [4.78, 5) is -0.304. The molecule has 1 heterocycles. The van der Waals surface area contributed by atoms with Gasteiger partial charge in [0.25, 0.3) is 0 Å². The van der Waals surface area contributed by atoms with E-state index < -0.39 is 15.8 Å². The van der Waals surface area contributed by atoms with E-state index in [1.165, 1.54) is 16.4 Å². The molecule has 1 N–H and O–H groups in total. The van der Waals surface area contributed by atoms with Crippen molar-refractivity contribution in [1.82, 2.24) is 9.62 Å². The van der Waals surface area contributed by atoms with Crippen molar-refractivity contribution in [3.63, 3.8) is 0 Å². The molecule has 1 aliphatic heterocycles. The lowest BCUT2D eigenvalue weighted by molar-refractivity contribution is 0.446. The van der Waals surface area contributed by atoms with E-state index in [0.717, 1.165) is 19.0 Å². The van der Waals surface area contributed by atoms with Crippen LogP contribution in [0.15, 0.2) is 23.1 Å². The fourth-order valence-corrected chi connectivity index (χ4v) is 4.03. The van der Waals surface area contributed by atoms with Gasteiger partial charge in [-0.25, -0.2) is 12.8 Å². The number of sulfonamides is 1. The van der Waals surface area contributed by atoms with Crippen LogP contribution in [0.4, 0.5) is 4.39 Å². The van der Waals surface area contributed by atoms with Crippen molar-refractivity contribution >= 4 is 34.0 Å². The minimum Gasteiger partial charge on any atom is -0.319 e. The zero-order valence-corrected chi connectivity index (χ0v) is 13.4. The third-order valence-electron chi connectivity index (χ3n) is 3.25. The van der Waals surface area contributed by atoms with Crippen molar-refractivity contribution in [2.24, 2.45) is 5.92 Å². The Hall–Kier alpha value is -0.400. The molecule has 20 heavy (non-hydrogen) atoms. The SMILES string of the molecule is CNCC1CCN(S(=O)(=O)c2ccc(Cl)cc2F)C1.Cl. The van der Waals surface area contributed by atoms with Gasteiger partial charge in [0.2, 0.25) is 10.0 Å². The molecule has 0 radical (unpaired) electrons. The normalized spacial score (nSPS) is 19.9. The molecule has 1 aromatic rings. The van der Waals surface area contributed by atoms with Gasteiger partial charge < -0.3 is 5.32 Å². The maximum atomic E-state index is 13.7. The number of nitrogens with one attached hydrogen (secondary N) is 1. The maximum Gasteiger partial charge on any atom is 0.245 e. The number of nitrogens with zero attached hydrogens (tertiary/aromatic N) is 1. The molecular weight excluding hydrogens is 326 g/mol. The Morgan fingerprint density at radius 1 is 1.50 bits per heavy atom. The summed E-state index contributed by atoms with van der Waals surface area (Å²) < 4.78 is 39.8. The molecule has 0 aliphatic carbocycles. The average molecular weight is 343 g/mol. The second-order valence-corrected chi connectivity index (χ2v) is 6.99. The lowest BCUT2D eigenvalue weighted by Gasteiger charge is -2.17. The zero-order valence-electron chi connectivity index (χ0n) is 11.0. The standard InChI is InChI=1S/C12H16ClFN2O2S.ClH/c1-15-7-9-4-5-16(8-9)19(17,18)12-3-2-10(13)6-11(12)14;/h2-3,6,9,15H,4-5,7-8H2,1H3;1H. The first-order chi connectivity index (χ1) is 8.95. The second kappa shape index (κ2) is 7.04. The van der Waals surface area contributed by atoms with Gasteiger partial charge in [0.05, 0.1) is 0 Å². The predicted molar refractivity (Wildman–Crippen MR) is 79.5 cm³/mol. The first-order valence-electron chi connectivity index (χ1n) is 6.05. The van der Waals surface area contributed by atoms with Gasteiger partial charge in [-0.1, -0.05) is 11.6 Å². The molecule has 8 heteroatoms. The molecule has 0 spiro atoms. The Balaban J connectivity index is 0.00000200. The molecule has 1 fully saturated rings. The van der Waals surface area contributed by atoms with E-state index in [2.05, 4.69) is 5.32 Å². The van der Waals surface area contributed by atoms with Gasteiger partial charge in [0.15, 0.2) is 0 Å². The summed E-state index contributed by atoms with van der Waals surface area (Å²) in [5, 5.41) is 3.21. The number of rotatable bonds is 4. The number of benzene rings is 1. The highest BCUT2D eigenvalue weighted by atomic mass is 35.5. The number of hydrogen-bond acceptors (Lipinski definition) is 3. The van der Waals surface area contributed by atoms with Crippen LogP contribution in [0.5, 0.6) is 0 Å². The molecule has 1 aliphatic rings. The first kappa shape index (κ1) is 17.7. The molecule has 114 valence electrons. The third kappa shape index (κ3) is 3.62. The Kier molecular flexibility index (Phi) is 6.22. The number of hydrogen-bond donors (Lipinski definition) is 1. The third-order valence-corrected chi connectivity index (χ3v) is 5.39. The maximum absolute atomic E-state index is 13.7. The van der Waals surface area contributed by atoms with Gasteiger partial charge in [-0.2, -0.15) is 4.31 Å². The first-order valence-corrected chi connectivity index (χ1v) is 7.86. The molecule has 1 aromatic carbocycles. The van der Waals surface area contributed by atoms with E-state index in [4.69, 9.17) is 11.6 Å². The molecule has 0 bridgehead atoms. The smallest absolute Gasteiger partial charge is 0.245 e. The predicted octanol–water partition coefficient (Wildman–Crippen LogP) is 2.13. The van der Waals surface area contributed by atoms with Gasteiger partial charge in [-0.05, 0) is 44.1 Å². The summed E-state index contributed by atoms with van der Waals surface area (Å²) in [6.07, 6.45) is 0.787. The molecule has 2 rings (SSSR count). The second-order valence-electron chi connectivity index (χ2n) is 4.65. The summed E-state index contributed by atoms with van der Waals surface area (Å²) in [6, 6.07) is 3.63. The van der Waals surface area contributed by atoms with Crippen LogP contribution in [0.2, 0.25) is 5.02 Å². The van der Waals surface area contributed by atoms with Crippen molar-refractivity contribution < 1.29 is 12.8 Å². The molecule has 4 nitrogen and oxygen atoms in total. The monoisotopic (exact) mass is 342 g/mol. The van der Waals surface area contributed by atoms with Crippen LogP contribution >= 0.6 is 24.0 Å². The molecule has 0 amide bonds. The van der Waals surface area contributed by atoms with Crippen LogP contribution in [0, 0.1) is 11.7 Å². The molecular formula is C12H17Cl2FN2O2S. The summed E-state index contributed by atoms with van der Waals surface area (Å²) in [6.45, 7) is 1.61. The topological polar surface area (TPSA) is 49.4 Å². The van der Waals surface area contributed by atoms with Crippen LogP contribution < -0.4 is 5.32 Å². The van der Waals surface area contributed by atoms with E-state index in [-0.39, 0.29) is 28.2 Å². The minimum atomic E-state index is -3.77. The van der Waals surface area contributed by atoms with Crippen LogP contribution in [0.1, 0.15) is 6.42 Å². The van der Waals surface area contributed by atoms with E-state index in [9.17, 15) is 12.8 Å². The van der Waals surface area contributed by atoms with Crippen molar-refractivity contribution in [3.05, 3.63) is 29.0 Å². The average Bonchev–Trinajstić information content (AvgIpc) is 2.78. The quantitative estimate of drug-likeness (QED) is 0.911. The van der Waals surface area contributed by atoms with Gasteiger partial charge in [-0.15, -0.1) is 12.4 Å². The zero-order chi connectivity index (χ0) is 14.0. The Morgan fingerprint density at radius 2 is 2.20 bits per heavy atom. The Labute approximate surface area is 129 Å². The van der Waals surface area contributed by atoms with Gasteiger partial charge in [-0.3, -0.25) is 0 Å². The number of halogens is 3. The lowest BCUT2D eigenvalue weighted by Crippen LogP contribution is -2.31. The van der Waals surface area contributed by atoms with Crippen LogP contribution in [0.3, 0.4) is 0 Å². The highest BCUT2D eigenvalue weighted by Crippen LogP contribution is 2.27. The van der Waals surface area contributed by atoms with Crippen LogP contribution in [-0.2, 0) is 10.0 Å². The van der Waals surface area contributed by atoms with Crippen LogP contribution in [0.25, 0.3) is 0 Å². The molecule has 1 atom stereocenters. The fourth-order valence-electron chi connectivity index (χ4n) is 2.29. The van der Waals surface area contributed by atoms with E-state index in [0.29, 0.717) is 13.1 Å². The summed E-state index contributed by atoms with van der Waals surface area (Å²) in [5.41, 5.74) is 0. The van der Waals surface area contributed by atoms with E-state index in [1.807, 2.05) is 7.05 Å². The van der Waals surface area contributed by atoms with Crippen molar-refractivity contribution in [2.75, 3.05) is 26.7 Å². The highest BCUT2D eigenvalue weighted by Gasteiger charge is 2.33. The summed E-state index contributed by atoms with van der Waals surface area (Å²) >= 11 is 5.63.